The van der Waals surface area contributed by atoms with E-state index in [1.54, 1.807) is 47.8 Å². The van der Waals surface area contributed by atoms with Gasteiger partial charge in [-0.25, -0.2) is 9.87 Å². The molecule has 1 unspecified atom stereocenters. The van der Waals surface area contributed by atoms with Crippen LogP contribution in [-0.2, 0) is 11.2 Å². The Morgan fingerprint density at radius 1 is 1.26 bits per heavy atom. The van der Waals surface area contributed by atoms with Gasteiger partial charge in [-0.15, -0.1) is 0 Å². The van der Waals surface area contributed by atoms with Crippen molar-refractivity contribution in [3.8, 4) is 11.1 Å². The molecule has 1 heterocycles. The lowest BCUT2D eigenvalue weighted by Crippen LogP contribution is -2.45. The fourth-order valence-electron chi connectivity index (χ4n) is 3.38. The Bertz CT molecular complexity index is 856. The van der Waals surface area contributed by atoms with E-state index >= 15 is 0 Å². The number of likely N-dealkylation sites (N-methyl/N-ethyl adjacent to an activating group) is 1. The third kappa shape index (κ3) is 3.99. The second-order valence-electron chi connectivity index (χ2n) is 6.50. The van der Waals surface area contributed by atoms with Gasteiger partial charge in [-0.1, -0.05) is 30.3 Å². The molecule has 0 spiro atoms. The van der Waals surface area contributed by atoms with Gasteiger partial charge in [0.15, 0.2) is 0 Å². The molecule has 2 amide bonds. The number of carbonyl (C=O) groups is 2. The minimum Gasteiger partial charge on any atom is -0.338 e. The second-order valence-corrected chi connectivity index (χ2v) is 6.50. The van der Waals surface area contributed by atoms with Crippen LogP contribution in [0.2, 0.25) is 0 Å². The third-order valence-electron chi connectivity index (χ3n) is 4.92. The van der Waals surface area contributed by atoms with Crippen LogP contribution < -0.4 is 10.8 Å². The minimum atomic E-state index is -0.576. The largest absolute Gasteiger partial charge is 0.338 e. The zero-order valence-electron chi connectivity index (χ0n) is 15.0. The van der Waals surface area contributed by atoms with Gasteiger partial charge in [-0.3, -0.25) is 14.8 Å². The summed E-state index contributed by atoms with van der Waals surface area (Å²) < 4.78 is 14.0. The van der Waals surface area contributed by atoms with Gasteiger partial charge >= 0.3 is 0 Å². The average Bonchev–Trinajstić information content (AvgIpc) is 2.69. The molecule has 1 aliphatic heterocycles. The van der Waals surface area contributed by atoms with Crippen LogP contribution in [0.15, 0.2) is 42.5 Å². The molecule has 6 nitrogen and oxygen atoms in total. The zero-order chi connectivity index (χ0) is 19.4. The van der Waals surface area contributed by atoms with E-state index in [4.69, 9.17) is 5.21 Å². The van der Waals surface area contributed by atoms with Crippen LogP contribution in [0.25, 0.3) is 11.1 Å². The maximum absolute atomic E-state index is 14.0. The first kappa shape index (κ1) is 19.0. The molecule has 0 saturated carbocycles. The molecule has 27 heavy (non-hydrogen) atoms. The second kappa shape index (κ2) is 8.28. The summed E-state index contributed by atoms with van der Waals surface area (Å²) in [6.07, 6.45) is 1.05. The Balaban J connectivity index is 1.74. The molecular weight excluding hydrogens is 349 g/mol. The van der Waals surface area contributed by atoms with Crippen molar-refractivity contribution in [2.24, 2.45) is 0 Å². The van der Waals surface area contributed by atoms with Crippen LogP contribution in [0.5, 0.6) is 0 Å². The van der Waals surface area contributed by atoms with Crippen molar-refractivity contribution in [2.45, 2.75) is 18.9 Å². The van der Waals surface area contributed by atoms with E-state index in [1.807, 2.05) is 6.07 Å². The van der Waals surface area contributed by atoms with Gasteiger partial charge in [-0.2, -0.15) is 0 Å². The monoisotopic (exact) mass is 371 g/mol. The molecule has 0 fully saturated rings. The summed E-state index contributed by atoms with van der Waals surface area (Å²) in [5.74, 6) is -0.922. The SMILES string of the molecule is CNC(CCN1CCc2cc(-c3ccccc3F)ccc2C1=O)C(=O)NO. The molecule has 2 aromatic rings. The van der Waals surface area contributed by atoms with Crippen LogP contribution >= 0.6 is 0 Å². The number of rotatable bonds is 6. The number of hydroxylamine groups is 1. The van der Waals surface area contributed by atoms with E-state index in [0.29, 0.717) is 37.1 Å². The lowest BCUT2D eigenvalue weighted by molar-refractivity contribution is -0.131. The van der Waals surface area contributed by atoms with Gasteiger partial charge in [0, 0.05) is 24.2 Å². The first-order valence-electron chi connectivity index (χ1n) is 8.83. The highest BCUT2D eigenvalue weighted by Crippen LogP contribution is 2.28. The van der Waals surface area contributed by atoms with Crippen molar-refractivity contribution in [3.63, 3.8) is 0 Å². The van der Waals surface area contributed by atoms with Crippen LogP contribution in [0.1, 0.15) is 22.3 Å². The third-order valence-corrected chi connectivity index (χ3v) is 4.92. The molecule has 0 saturated heterocycles. The van der Waals surface area contributed by atoms with Crippen molar-refractivity contribution >= 4 is 11.8 Å². The molecule has 2 aromatic carbocycles. The lowest BCUT2D eigenvalue weighted by Gasteiger charge is -2.30. The average molecular weight is 371 g/mol. The summed E-state index contributed by atoms with van der Waals surface area (Å²) in [5, 5.41) is 11.6. The Hall–Kier alpha value is -2.77. The molecule has 3 N–H and O–H groups in total. The van der Waals surface area contributed by atoms with Gasteiger partial charge < -0.3 is 10.2 Å². The summed E-state index contributed by atoms with van der Waals surface area (Å²) in [6, 6.07) is 11.4. The molecular formula is C20H22FN3O3. The van der Waals surface area contributed by atoms with E-state index < -0.39 is 11.9 Å². The molecule has 0 aliphatic carbocycles. The van der Waals surface area contributed by atoms with Crippen molar-refractivity contribution in [2.75, 3.05) is 20.1 Å². The number of nitrogens with zero attached hydrogens (tertiary/aromatic N) is 1. The topological polar surface area (TPSA) is 81.7 Å². The molecule has 0 bridgehead atoms. The number of carbonyl (C=O) groups excluding carboxylic acids is 2. The molecule has 0 aromatic heterocycles. The standard InChI is InChI=1S/C20H22FN3O3/c1-22-18(19(25)23-27)9-11-24-10-8-14-12-13(6-7-16(14)20(24)26)15-4-2-3-5-17(15)21/h2-7,12,18,22,27H,8-11H2,1H3,(H,23,25). The minimum absolute atomic E-state index is 0.101. The van der Waals surface area contributed by atoms with E-state index in [0.717, 1.165) is 11.1 Å². The Morgan fingerprint density at radius 3 is 2.74 bits per heavy atom. The smallest absolute Gasteiger partial charge is 0.260 e. The van der Waals surface area contributed by atoms with Gasteiger partial charge in [0.1, 0.15) is 5.82 Å². The Labute approximate surface area is 156 Å². The number of nitrogens with one attached hydrogen (secondary N) is 2. The number of benzene rings is 2. The van der Waals surface area contributed by atoms with E-state index in [2.05, 4.69) is 5.32 Å². The first-order chi connectivity index (χ1) is 13.0. The number of hydrogen-bond donors (Lipinski definition) is 3. The van der Waals surface area contributed by atoms with E-state index in [-0.39, 0.29) is 11.7 Å². The van der Waals surface area contributed by atoms with Crippen LogP contribution in [0.4, 0.5) is 4.39 Å². The molecule has 7 heteroatoms. The zero-order valence-corrected chi connectivity index (χ0v) is 15.0. The highest BCUT2D eigenvalue weighted by atomic mass is 19.1. The van der Waals surface area contributed by atoms with Gasteiger partial charge in [-0.05, 0) is 43.1 Å². The molecule has 1 atom stereocenters. The quantitative estimate of drug-likeness (QED) is 0.536. The van der Waals surface area contributed by atoms with Gasteiger partial charge in [0.2, 0.25) is 0 Å². The van der Waals surface area contributed by atoms with Gasteiger partial charge in [0.25, 0.3) is 11.8 Å². The highest BCUT2D eigenvalue weighted by molar-refractivity contribution is 5.97. The Kier molecular flexibility index (Phi) is 5.83. The predicted octanol–water partition coefficient (Wildman–Crippen LogP) is 1.97. The number of halogens is 1. The predicted molar refractivity (Wildman–Crippen MR) is 98.8 cm³/mol. The van der Waals surface area contributed by atoms with Crippen LogP contribution in [0, 0.1) is 5.82 Å². The van der Waals surface area contributed by atoms with Crippen molar-refractivity contribution in [1.82, 2.24) is 15.7 Å². The molecule has 0 radical (unpaired) electrons. The maximum Gasteiger partial charge on any atom is 0.260 e. The summed E-state index contributed by atoms with van der Waals surface area (Å²) >= 11 is 0. The fraction of sp³-hybridized carbons (Fsp3) is 0.300. The van der Waals surface area contributed by atoms with Crippen LogP contribution in [-0.4, -0.2) is 48.1 Å². The number of amides is 2. The van der Waals surface area contributed by atoms with Crippen molar-refractivity contribution in [3.05, 3.63) is 59.4 Å². The summed E-state index contributed by atoms with van der Waals surface area (Å²) in [7, 11) is 1.62. The molecule has 1 aliphatic rings. The summed E-state index contributed by atoms with van der Waals surface area (Å²) in [5.41, 5.74) is 4.39. The number of hydrogen-bond acceptors (Lipinski definition) is 4. The van der Waals surface area contributed by atoms with E-state index in [1.165, 1.54) is 6.07 Å². The number of fused-ring (bicyclic) bond motifs is 1. The summed E-state index contributed by atoms with van der Waals surface area (Å²) in [4.78, 5) is 26.0. The molecule has 3 rings (SSSR count). The van der Waals surface area contributed by atoms with E-state index in [9.17, 15) is 14.0 Å². The lowest BCUT2D eigenvalue weighted by atomic mass is 9.93. The Morgan fingerprint density at radius 2 is 2.04 bits per heavy atom. The summed E-state index contributed by atoms with van der Waals surface area (Å²) in [6.45, 7) is 0.927. The normalized spacial score (nSPS) is 14.6. The van der Waals surface area contributed by atoms with Gasteiger partial charge in [0.05, 0.1) is 6.04 Å². The maximum atomic E-state index is 14.0. The molecule has 142 valence electrons. The van der Waals surface area contributed by atoms with Crippen LogP contribution in [0.3, 0.4) is 0 Å². The van der Waals surface area contributed by atoms with Crippen molar-refractivity contribution in [1.29, 1.82) is 0 Å². The van der Waals surface area contributed by atoms with Crippen molar-refractivity contribution < 1.29 is 19.2 Å². The fourth-order valence-corrected chi connectivity index (χ4v) is 3.38. The first-order valence-corrected chi connectivity index (χ1v) is 8.83. The highest BCUT2D eigenvalue weighted by Gasteiger charge is 2.26.